The summed E-state index contributed by atoms with van der Waals surface area (Å²) in [4.78, 5) is 0. The van der Waals surface area contributed by atoms with E-state index in [0.717, 1.165) is 11.3 Å². The van der Waals surface area contributed by atoms with Crippen LogP contribution < -0.4 is 5.32 Å². The zero-order valence-corrected chi connectivity index (χ0v) is 13.1. The number of thioether (sulfide) groups is 1. The van der Waals surface area contributed by atoms with Crippen LogP contribution in [0.15, 0.2) is 40.8 Å². The van der Waals surface area contributed by atoms with Crippen LogP contribution in [0.4, 0.5) is 8.78 Å². The van der Waals surface area contributed by atoms with Crippen molar-refractivity contribution in [2.24, 2.45) is 0 Å². The lowest BCUT2D eigenvalue weighted by Gasteiger charge is -2.13. The Bertz CT molecular complexity index is 559. The molecule has 0 amide bonds. The van der Waals surface area contributed by atoms with Gasteiger partial charge in [-0.2, -0.15) is 8.78 Å². The lowest BCUT2D eigenvalue weighted by molar-refractivity contribution is 0.251. The van der Waals surface area contributed by atoms with E-state index < -0.39 is 5.76 Å². The second-order valence-electron chi connectivity index (χ2n) is 4.59. The Morgan fingerprint density at radius 2 is 1.81 bits per heavy atom. The third kappa shape index (κ3) is 5.34. The highest BCUT2D eigenvalue weighted by molar-refractivity contribution is 7.98. The molecule has 0 aliphatic carbocycles. The normalized spacial score (nSPS) is 12.8. The van der Waals surface area contributed by atoms with Gasteiger partial charge >= 0.3 is 0 Å². The molecule has 1 aromatic heterocycles. The molecule has 1 heterocycles. The summed E-state index contributed by atoms with van der Waals surface area (Å²) in [5.74, 6) is -0.886. The molecule has 21 heavy (non-hydrogen) atoms. The Morgan fingerprint density at radius 1 is 1.14 bits per heavy atom. The standard InChI is InChI=1S/C15H16ClF2NOS/c1-10(11-2-4-12(16)5-3-11)19-8-13-6-7-14(20-13)9-21-15(17)18/h2-7,10,15,19H,8-9H2,1H3/t10-/m0/s1. The monoisotopic (exact) mass is 331 g/mol. The van der Waals surface area contributed by atoms with Crippen LogP contribution in [0.25, 0.3) is 0 Å². The Balaban J connectivity index is 1.83. The summed E-state index contributed by atoms with van der Waals surface area (Å²) < 4.78 is 29.7. The summed E-state index contributed by atoms with van der Waals surface area (Å²) in [5.41, 5.74) is 1.12. The first-order chi connectivity index (χ1) is 10.0. The van der Waals surface area contributed by atoms with Crippen LogP contribution >= 0.6 is 23.4 Å². The molecule has 0 radical (unpaired) electrons. The van der Waals surface area contributed by atoms with Crippen molar-refractivity contribution in [1.82, 2.24) is 5.32 Å². The topological polar surface area (TPSA) is 25.2 Å². The van der Waals surface area contributed by atoms with Crippen molar-refractivity contribution in [1.29, 1.82) is 0 Å². The third-order valence-electron chi connectivity index (χ3n) is 3.02. The van der Waals surface area contributed by atoms with Crippen LogP contribution in [0.1, 0.15) is 30.0 Å². The highest BCUT2D eigenvalue weighted by atomic mass is 35.5. The molecule has 1 aromatic carbocycles. The number of rotatable bonds is 7. The summed E-state index contributed by atoms with van der Waals surface area (Å²) in [6.07, 6.45) is 0. The molecule has 2 aromatic rings. The SMILES string of the molecule is C[C@H](NCc1ccc(CSC(F)F)o1)c1ccc(Cl)cc1. The lowest BCUT2D eigenvalue weighted by atomic mass is 10.1. The van der Waals surface area contributed by atoms with Crippen LogP contribution in [-0.4, -0.2) is 5.76 Å². The fourth-order valence-corrected chi connectivity index (χ4v) is 2.43. The van der Waals surface area contributed by atoms with E-state index in [9.17, 15) is 8.78 Å². The highest BCUT2D eigenvalue weighted by Crippen LogP contribution is 2.22. The summed E-state index contributed by atoms with van der Waals surface area (Å²) in [7, 11) is 0. The van der Waals surface area contributed by atoms with Crippen LogP contribution in [-0.2, 0) is 12.3 Å². The molecule has 0 spiro atoms. The predicted molar refractivity (Wildman–Crippen MR) is 82.7 cm³/mol. The second-order valence-corrected chi connectivity index (χ2v) is 6.01. The van der Waals surface area contributed by atoms with Gasteiger partial charge in [-0.25, -0.2) is 0 Å². The summed E-state index contributed by atoms with van der Waals surface area (Å²) in [5, 5.41) is 4.03. The van der Waals surface area contributed by atoms with Crippen molar-refractivity contribution in [3.63, 3.8) is 0 Å². The van der Waals surface area contributed by atoms with Crippen LogP contribution in [0.2, 0.25) is 5.02 Å². The minimum atomic E-state index is -2.37. The maximum absolute atomic E-state index is 12.1. The van der Waals surface area contributed by atoms with Crippen molar-refractivity contribution in [3.05, 3.63) is 58.5 Å². The molecular formula is C15H16ClF2NOS. The van der Waals surface area contributed by atoms with Crippen molar-refractivity contribution >= 4 is 23.4 Å². The van der Waals surface area contributed by atoms with Gasteiger partial charge in [0.05, 0.1) is 12.3 Å². The molecule has 1 atom stereocenters. The molecule has 0 bridgehead atoms. The van der Waals surface area contributed by atoms with Crippen molar-refractivity contribution in [3.8, 4) is 0 Å². The maximum atomic E-state index is 12.1. The van der Waals surface area contributed by atoms with Crippen LogP contribution in [0.3, 0.4) is 0 Å². The van der Waals surface area contributed by atoms with E-state index in [0.29, 0.717) is 29.1 Å². The van der Waals surface area contributed by atoms with E-state index in [4.69, 9.17) is 16.0 Å². The van der Waals surface area contributed by atoms with Crippen molar-refractivity contribution in [2.75, 3.05) is 0 Å². The zero-order valence-electron chi connectivity index (χ0n) is 11.5. The smallest absolute Gasteiger partial charge is 0.284 e. The number of hydrogen-bond acceptors (Lipinski definition) is 3. The third-order valence-corrected chi connectivity index (χ3v) is 3.98. The summed E-state index contributed by atoms with van der Waals surface area (Å²) >= 11 is 6.41. The quantitative estimate of drug-likeness (QED) is 0.751. The van der Waals surface area contributed by atoms with Gasteiger partial charge in [0.25, 0.3) is 5.76 Å². The molecule has 114 valence electrons. The first-order valence-corrected chi connectivity index (χ1v) is 7.93. The van der Waals surface area contributed by atoms with E-state index in [1.165, 1.54) is 0 Å². The largest absolute Gasteiger partial charge is 0.464 e. The van der Waals surface area contributed by atoms with Gasteiger partial charge in [-0.05, 0) is 36.8 Å². The average Bonchev–Trinajstić information content (AvgIpc) is 2.91. The van der Waals surface area contributed by atoms with Crippen molar-refractivity contribution < 1.29 is 13.2 Å². The molecule has 0 aliphatic heterocycles. The van der Waals surface area contributed by atoms with Gasteiger partial charge in [0.1, 0.15) is 11.5 Å². The first-order valence-electron chi connectivity index (χ1n) is 6.51. The van der Waals surface area contributed by atoms with E-state index in [2.05, 4.69) is 5.32 Å². The van der Waals surface area contributed by atoms with Gasteiger partial charge in [-0.1, -0.05) is 35.5 Å². The fourth-order valence-electron chi connectivity index (χ4n) is 1.86. The Morgan fingerprint density at radius 3 is 2.48 bits per heavy atom. The second kappa shape index (κ2) is 7.82. The molecule has 0 unspecified atom stereocenters. The van der Waals surface area contributed by atoms with Crippen LogP contribution in [0, 0.1) is 0 Å². The highest BCUT2D eigenvalue weighted by Gasteiger charge is 2.09. The fraction of sp³-hybridized carbons (Fsp3) is 0.333. The van der Waals surface area contributed by atoms with Crippen LogP contribution in [0.5, 0.6) is 0 Å². The van der Waals surface area contributed by atoms with E-state index in [1.54, 1.807) is 6.07 Å². The zero-order chi connectivity index (χ0) is 15.2. The molecule has 0 saturated carbocycles. The number of furan rings is 1. The molecule has 2 nitrogen and oxygen atoms in total. The molecule has 0 aliphatic rings. The number of hydrogen-bond donors (Lipinski definition) is 1. The number of alkyl halides is 2. The number of halogens is 3. The Labute approximate surface area is 131 Å². The maximum Gasteiger partial charge on any atom is 0.284 e. The van der Waals surface area contributed by atoms with Gasteiger partial charge in [0, 0.05) is 11.1 Å². The van der Waals surface area contributed by atoms with E-state index in [-0.39, 0.29) is 11.8 Å². The predicted octanol–water partition coefficient (Wildman–Crippen LogP) is 5.24. The molecule has 6 heteroatoms. The Hall–Kier alpha value is -1.04. The molecule has 2 rings (SSSR count). The minimum Gasteiger partial charge on any atom is -0.464 e. The number of nitrogens with one attached hydrogen (secondary N) is 1. The average molecular weight is 332 g/mol. The van der Waals surface area contributed by atoms with Gasteiger partial charge in [0.2, 0.25) is 0 Å². The molecule has 1 N–H and O–H groups in total. The van der Waals surface area contributed by atoms with Gasteiger partial charge in [-0.15, -0.1) is 0 Å². The van der Waals surface area contributed by atoms with E-state index >= 15 is 0 Å². The molecular weight excluding hydrogens is 316 g/mol. The van der Waals surface area contributed by atoms with Gasteiger partial charge < -0.3 is 9.73 Å². The lowest BCUT2D eigenvalue weighted by Crippen LogP contribution is -2.17. The Kier molecular flexibility index (Phi) is 6.08. The van der Waals surface area contributed by atoms with Gasteiger partial charge in [-0.3, -0.25) is 0 Å². The summed E-state index contributed by atoms with van der Waals surface area (Å²) in [6, 6.07) is 11.3. The minimum absolute atomic E-state index is 0.145. The van der Waals surface area contributed by atoms with Gasteiger partial charge in [0.15, 0.2) is 0 Å². The number of benzene rings is 1. The van der Waals surface area contributed by atoms with Crippen molar-refractivity contribution in [2.45, 2.75) is 31.0 Å². The summed E-state index contributed by atoms with van der Waals surface area (Å²) in [6.45, 7) is 2.59. The molecule has 0 saturated heterocycles. The molecule has 0 fully saturated rings. The first kappa shape index (κ1) is 16.3. The van der Waals surface area contributed by atoms with E-state index in [1.807, 2.05) is 37.3 Å².